The molecule has 0 spiro atoms. The number of hydrogen-bond donors (Lipinski definition) is 4. The summed E-state index contributed by atoms with van der Waals surface area (Å²) in [6.07, 6.45) is 0.190. The molecule has 4 aromatic rings. The SMILES string of the molecule is COc1cc(CC[C@H](N[C@@H](Cc2ccc3c(c2)oc2ccccc23)C(=O)O)P(=O)(O)O)cc(OC)c1OC. The summed E-state index contributed by atoms with van der Waals surface area (Å²) in [7, 11) is -0.278. The molecule has 0 aliphatic heterocycles. The fourth-order valence-electron chi connectivity index (χ4n) is 4.51. The summed E-state index contributed by atoms with van der Waals surface area (Å²) in [4.78, 5) is 32.2. The number of carbonyl (C=O) groups is 1. The lowest BCUT2D eigenvalue weighted by Gasteiger charge is -2.24. The van der Waals surface area contributed by atoms with Gasteiger partial charge in [-0.1, -0.05) is 30.3 Å². The van der Waals surface area contributed by atoms with Gasteiger partial charge in [-0.15, -0.1) is 0 Å². The zero-order valence-electron chi connectivity index (χ0n) is 21.2. The second-order valence-corrected chi connectivity index (χ2v) is 10.7. The highest BCUT2D eigenvalue weighted by atomic mass is 31.2. The highest BCUT2D eigenvalue weighted by Crippen LogP contribution is 2.43. The molecule has 0 saturated carbocycles. The normalized spacial score (nSPS) is 13.4. The molecule has 0 unspecified atom stereocenters. The summed E-state index contributed by atoms with van der Waals surface area (Å²) >= 11 is 0. The molecule has 0 bridgehead atoms. The molecule has 10 nitrogen and oxygen atoms in total. The number of para-hydroxylation sites is 1. The van der Waals surface area contributed by atoms with Gasteiger partial charge >= 0.3 is 13.6 Å². The van der Waals surface area contributed by atoms with Crippen molar-refractivity contribution in [2.75, 3.05) is 21.3 Å². The smallest absolute Gasteiger partial charge is 0.342 e. The minimum absolute atomic E-state index is 0.00298. The Morgan fingerprint density at radius 1 is 0.921 bits per heavy atom. The van der Waals surface area contributed by atoms with Crippen LogP contribution in [0.2, 0.25) is 0 Å². The number of benzene rings is 3. The molecule has 0 saturated heterocycles. The molecule has 4 rings (SSSR count). The maximum absolute atomic E-state index is 12.3. The van der Waals surface area contributed by atoms with Crippen molar-refractivity contribution in [3.63, 3.8) is 0 Å². The fourth-order valence-corrected chi connectivity index (χ4v) is 5.35. The molecule has 1 aromatic heterocycles. The molecule has 0 aliphatic carbocycles. The van der Waals surface area contributed by atoms with Gasteiger partial charge in [0.25, 0.3) is 0 Å². The van der Waals surface area contributed by atoms with Gasteiger partial charge in [0.05, 0.1) is 21.3 Å². The Hall–Kier alpha value is -3.56. The lowest BCUT2D eigenvalue weighted by molar-refractivity contribution is -0.139. The predicted molar refractivity (Wildman–Crippen MR) is 142 cm³/mol. The largest absolute Gasteiger partial charge is 0.493 e. The number of aryl methyl sites for hydroxylation is 1. The van der Waals surface area contributed by atoms with Crippen LogP contribution in [0.5, 0.6) is 17.2 Å². The van der Waals surface area contributed by atoms with Gasteiger partial charge < -0.3 is 33.5 Å². The van der Waals surface area contributed by atoms with Crippen molar-refractivity contribution in [3.05, 3.63) is 65.7 Å². The fraction of sp³-hybridized carbons (Fsp3) is 0.296. The number of fused-ring (bicyclic) bond motifs is 3. The number of methoxy groups -OCH3 is 3. The molecule has 38 heavy (non-hydrogen) atoms. The second kappa shape index (κ2) is 11.4. The quantitative estimate of drug-likeness (QED) is 0.190. The molecule has 3 aromatic carbocycles. The number of aliphatic carboxylic acids is 1. The molecule has 2 atom stereocenters. The third kappa shape index (κ3) is 5.95. The Labute approximate surface area is 219 Å². The lowest BCUT2D eigenvalue weighted by atomic mass is 10.0. The molecule has 1 heterocycles. The van der Waals surface area contributed by atoms with E-state index in [2.05, 4.69) is 5.32 Å². The molecule has 0 aliphatic rings. The van der Waals surface area contributed by atoms with Gasteiger partial charge in [-0.05, 0) is 54.7 Å². The molecule has 0 amide bonds. The van der Waals surface area contributed by atoms with Crippen LogP contribution >= 0.6 is 7.60 Å². The Morgan fingerprint density at radius 3 is 2.18 bits per heavy atom. The number of hydrogen-bond acceptors (Lipinski definition) is 7. The first-order valence-electron chi connectivity index (χ1n) is 11.9. The first kappa shape index (κ1) is 27.5. The molecule has 4 N–H and O–H groups in total. The molecule has 202 valence electrons. The van der Waals surface area contributed by atoms with Crippen molar-refractivity contribution in [1.29, 1.82) is 0 Å². The third-order valence-electron chi connectivity index (χ3n) is 6.41. The topological polar surface area (TPSA) is 148 Å². The molecular weight excluding hydrogens is 513 g/mol. The summed E-state index contributed by atoms with van der Waals surface area (Å²) in [6, 6.07) is 15.1. The number of nitrogens with one attached hydrogen (secondary N) is 1. The van der Waals surface area contributed by atoms with Crippen LogP contribution in [0, 0.1) is 0 Å². The van der Waals surface area contributed by atoms with Crippen molar-refractivity contribution in [2.24, 2.45) is 0 Å². The number of carboxylic acid groups (broad SMARTS) is 1. The molecular formula is C27H30NO9P. The first-order valence-corrected chi connectivity index (χ1v) is 13.6. The second-order valence-electron chi connectivity index (χ2n) is 8.87. The number of rotatable bonds is 12. The van der Waals surface area contributed by atoms with Gasteiger partial charge in [-0.3, -0.25) is 14.7 Å². The average molecular weight is 544 g/mol. The van der Waals surface area contributed by atoms with E-state index >= 15 is 0 Å². The Morgan fingerprint density at radius 2 is 1.58 bits per heavy atom. The number of furan rings is 1. The van der Waals surface area contributed by atoms with Gasteiger partial charge in [0.2, 0.25) is 5.75 Å². The van der Waals surface area contributed by atoms with E-state index in [4.69, 9.17) is 18.6 Å². The van der Waals surface area contributed by atoms with Crippen molar-refractivity contribution in [1.82, 2.24) is 5.32 Å². The molecule has 0 fully saturated rings. The Bertz CT molecular complexity index is 1470. The first-order chi connectivity index (χ1) is 18.1. The van der Waals surface area contributed by atoms with Crippen molar-refractivity contribution in [3.8, 4) is 17.2 Å². The van der Waals surface area contributed by atoms with Crippen LogP contribution in [0.1, 0.15) is 17.5 Å². The van der Waals surface area contributed by atoms with Gasteiger partial charge in [0.1, 0.15) is 23.0 Å². The highest BCUT2D eigenvalue weighted by molar-refractivity contribution is 7.52. The molecule has 0 radical (unpaired) electrons. The monoisotopic (exact) mass is 543 g/mol. The van der Waals surface area contributed by atoms with E-state index in [1.54, 1.807) is 24.3 Å². The Kier molecular flexibility index (Phi) is 8.28. The standard InChI is InChI=1S/C27H30NO9P/c1-34-23-14-17(15-24(35-2)26(23)36-3)9-11-25(38(31,32)33)28-20(27(29)30)12-16-8-10-19-18-6-4-5-7-21(18)37-22(19)13-16/h4-8,10,13-15,20,25,28H,9,11-12H2,1-3H3,(H,29,30)(H2,31,32,33)/t20-,25+/m0/s1. The zero-order valence-corrected chi connectivity index (χ0v) is 22.1. The maximum atomic E-state index is 12.3. The van der Waals surface area contributed by atoms with Crippen LogP contribution in [-0.4, -0.2) is 54.0 Å². The highest BCUT2D eigenvalue weighted by Gasteiger charge is 2.33. The van der Waals surface area contributed by atoms with Gasteiger partial charge in [0.15, 0.2) is 11.5 Å². The van der Waals surface area contributed by atoms with E-state index in [1.165, 1.54) is 21.3 Å². The maximum Gasteiger partial charge on any atom is 0.342 e. The van der Waals surface area contributed by atoms with Gasteiger partial charge in [-0.25, -0.2) is 0 Å². The van der Waals surface area contributed by atoms with E-state index in [0.29, 0.717) is 34.0 Å². The zero-order chi connectivity index (χ0) is 27.4. The third-order valence-corrected chi connectivity index (χ3v) is 7.63. The van der Waals surface area contributed by atoms with E-state index in [-0.39, 0.29) is 19.3 Å². The van der Waals surface area contributed by atoms with Crippen molar-refractivity contribution in [2.45, 2.75) is 31.1 Å². The van der Waals surface area contributed by atoms with Crippen molar-refractivity contribution < 1.29 is 42.9 Å². The minimum Gasteiger partial charge on any atom is -0.493 e. The van der Waals surface area contributed by atoms with Gasteiger partial charge in [-0.2, -0.15) is 0 Å². The Balaban J connectivity index is 1.54. The van der Waals surface area contributed by atoms with Crippen LogP contribution in [0.4, 0.5) is 0 Å². The van der Waals surface area contributed by atoms with Crippen LogP contribution in [-0.2, 0) is 22.2 Å². The van der Waals surface area contributed by atoms with Crippen LogP contribution in [0.15, 0.2) is 59.0 Å². The summed E-state index contributed by atoms with van der Waals surface area (Å²) < 4.78 is 34.2. The van der Waals surface area contributed by atoms with Crippen LogP contribution in [0.3, 0.4) is 0 Å². The van der Waals surface area contributed by atoms with E-state index < -0.39 is 25.4 Å². The number of carboxylic acids is 1. The van der Waals surface area contributed by atoms with Crippen LogP contribution < -0.4 is 19.5 Å². The number of ether oxygens (including phenoxy) is 3. The van der Waals surface area contributed by atoms with Gasteiger partial charge in [0, 0.05) is 10.8 Å². The predicted octanol–water partition coefficient (Wildman–Crippen LogP) is 4.33. The average Bonchev–Trinajstić information content (AvgIpc) is 3.26. The summed E-state index contributed by atoms with van der Waals surface area (Å²) in [5.74, 6) is -1.40. The van der Waals surface area contributed by atoms with Crippen LogP contribution in [0.25, 0.3) is 21.9 Å². The van der Waals surface area contributed by atoms with E-state index in [9.17, 15) is 24.3 Å². The lowest BCUT2D eigenvalue weighted by Crippen LogP contribution is -2.44. The summed E-state index contributed by atoms with van der Waals surface area (Å²) in [6.45, 7) is 0. The van der Waals surface area contributed by atoms with E-state index in [1.807, 2.05) is 30.3 Å². The molecule has 11 heteroatoms. The minimum atomic E-state index is -4.70. The van der Waals surface area contributed by atoms with Crippen molar-refractivity contribution >= 4 is 35.5 Å². The summed E-state index contributed by atoms with van der Waals surface area (Å²) in [5.41, 5.74) is 2.68. The van der Waals surface area contributed by atoms with E-state index in [0.717, 1.165) is 16.4 Å². The summed E-state index contributed by atoms with van der Waals surface area (Å²) in [5, 5.41) is 14.4.